The largest absolute Gasteiger partial charge is 0.377 e. The second kappa shape index (κ2) is 8.59. The van der Waals surface area contributed by atoms with Gasteiger partial charge in [-0.3, -0.25) is 9.89 Å². The lowest BCUT2D eigenvalue weighted by Gasteiger charge is -2.28. The summed E-state index contributed by atoms with van der Waals surface area (Å²) in [6, 6.07) is 0.626. The van der Waals surface area contributed by atoms with Crippen molar-refractivity contribution in [1.82, 2.24) is 15.5 Å². The van der Waals surface area contributed by atoms with E-state index in [-0.39, 0.29) is 5.60 Å². The van der Waals surface area contributed by atoms with Crippen LogP contribution >= 0.6 is 0 Å². The van der Waals surface area contributed by atoms with Crippen molar-refractivity contribution in [2.45, 2.75) is 52.2 Å². The molecule has 0 amide bonds. The summed E-state index contributed by atoms with van der Waals surface area (Å²) in [5, 5.41) is 6.79. The first-order valence-electron chi connectivity index (χ1n) is 8.11. The molecule has 1 atom stereocenters. The number of hydrogen-bond donors (Lipinski definition) is 2. The highest BCUT2D eigenvalue weighted by Gasteiger charge is 2.25. The predicted octanol–water partition coefficient (Wildman–Crippen LogP) is 1.70. The minimum Gasteiger partial charge on any atom is -0.377 e. The lowest BCUT2D eigenvalue weighted by molar-refractivity contribution is 0.0268. The minimum atomic E-state index is -0.186. The van der Waals surface area contributed by atoms with Crippen LogP contribution in [0.1, 0.15) is 40.5 Å². The van der Waals surface area contributed by atoms with E-state index in [1.165, 1.54) is 25.9 Å². The number of likely N-dealkylation sites (tertiary alicyclic amines) is 1. The van der Waals surface area contributed by atoms with Gasteiger partial charge in [-0.25, -0.2) is 0 Å². The molecule has 0 spiro atoms. The van der Waals surface area contributed by atoms with Crippen molar-refractivity contribution in [3.63, 3.8) is 0 Å². The zero-order chi connectivity index (χ0) is 15.9. The Morgan fingerprint density at radius 2 is 2.10 bits per heavy atom. The van der Waals surface area contributed by atoms with Gasteiger partial charge < -0.3 is 15.4 Å². The lowest BCUT2D eigenvalue weighted by atomic mass is 10.1. The molecule has 1 aliphatic rings. The van der Waals surface area contributed by atoms with E-state index in [1.54, 1.807) is 7.11 Å². The van der Waals surface area contributed by atoms with Gasteiger partial charge in [0.2, 0.25) is 0 Å². The number of aliphatic imine (C=N–C) groups is 1. The Bertz CT molecular complexity index is 328. The van der Waals surface area contributed by atoms with E-state index in [0.29, 0.717) is 6.04 Å². The summed E-state index contributed by atoms with van der Waals surface area (Å²) >= 11 is 0. The second-order valence-electron chi connectivity index (χ2n) is 6.96. The molecule has 0 radical (unpaired) electrons. The molecule has 2 N–H and O–H groups in total. The monoisotopic (exact) mass is 298 g/mol. The highest BCUT2D eigenvalue weighted by atomic mass is 16.5. The Kier molecular flexibility index (Phi) is 7.46. The SMILES string of the molecule is CN=C(NC[C@H]1CCCN1CC(C)C)NCC(C)(C)OC. The quantitative estimate of drug-likeness (QED) is 0.555. The fourth-order valence-corrected chi connectivity index (χ4v) is 2.64. The smallest absolute Gasteiger partial charge is 0.191 e. The average molecular weight is 298 g/mol. The number of guanidine groups is 1. The van der Waals surface area contributed by atoms with Gasteiger partial charge in [0.05, 0.1) is 5.60 Å². The van der Waals surface area contributed by atoms with E-state index in [4.69, 9.17) is 4.74 Å². The maximum atomic E-state index is 5.42. The molecule has 0 aromatic heterocycles. The van der Waals surface area contributed by atoms with Crippen LogP contribution < -0.4 is 10.6 Å². The van der Waals surface area contributed by atoms with Crippen molar-refractivity contribution >= 4 is 5.96 Å². The number of nitrogens with one attached hydrogen (secondary N) is 2. The van der Waals surface area contributed by atoms with Crippen LogP contribution in [0.25, 0.3) is 0 Å². The van der Waals surface area contributed by atoms with Gasteiger partial charge in [0.1, 0.15) is 0 Å². The fourth-order valence-electron chi connectivity index (χ4n) is 2.64. The van der Waals surface area contributed by atoms with E-state index >= 15 is 0 Å². The van der Waals surface area contributed by atoms with Crippen molar-refractivity contribution in [3.8, 4) is 0 Å². The Morgan fingerprint density at radius 3 is 2.67 bits per heavy atom. The summed E-state index contributed by atoms with van der Waals surface area (Å²) in [6.07, 6.45) is 2.59. The van der Waals surface area contributed by atoms with Gasteiger partial charge in [-0.05, 0) is 39.2 Å². The Morgan fingerprint density at radius 1 is 1.38 bits per heavy atom. The molecular weight excluding hydrogens is 264 g/mol. The third-order valence-corrected chi connectivity index (χ3v) is 4.06. The summed E-state index contributed by atoms with van der Waals surface area (Å²) in [5.74, 6) is 1.59. The van der Waals surface area contributed by atoms with Crippen molar-refractivity contribution in [3.05, 3.63) is 0 Å². The summed E-state index contributed by atoms with van der Waals surface area (Å²) in [4.78, 5) is 6.89. The molecule has 1 saturated heterocycles. The van der Waals surface area contributed by atoms with Crippen LogP contribution in [0.15, 0.2) is 4.99 Å². The highest BCUT2D eigenvalue weighted by Crippen LogP contribution is 2.17. The molecule has 1 rings (SSSR count). The highest BCUT2D eigenvalue weighted by molar-refractivity contribution is 5.79. The van der Waals surface area contributed by atoms with Gasteiger partial charge in [-0.1, -0.05) is 13.8 Å². The molecule has 1 fully saturated rings. The van der Waals surface area contributed by atoms with Gasteiger partial charge in [0.25, 0.3) is 0 Å². The van der Waals surface area contributed by atoms with Gasteiger partial charge in [-0.2, -0.15) is 0 Å². The molecule has 1 heterocycles. The van der Waals surface area contributed by atoms with E-state index < -0.39 is 0 Å². The van der Waals surface area contributed by atoms with Gasteiger partial charge in [0, 0.05) is 39.8 Å². The third kappa shape index (κ3) is 6.66. The van der Waals surface area contributed by atoms with Crippen LogP contribution in [-0.2, 0) is 4.74 Å². The molecule has 0 aromatic rings. The van der Waals surface area contributed by atoms with Crippen molar-refractivity contribution in [2.75, 3.05) is 40.3 Å². The third-order valence-electron chi connectivity index (χ3n) is 4.06. The number of ether oxygens (including phenoxy) is 1. The van der Waals surface area contributed by atoms with Crippen LogP contribution in [0.5, 0.6) is 0 Å². The molecule has 0 saturated carbocycles. The van der Waals surface area contributed by atoms with Crippen LogP contribution in [0, 0.1) is 5.92 Å². The number of methoxy groups -OCH3 is 1. The first-order chi connectivity index (χ1) is 9.88. The summed E-state index contributed by atoms with van der Waals surface area (Å²) in [7, 11) is 3.55. The molecule has 5 nitrogen and oxygen atoms in total. The summed E-state index contributed by atoms with van der Waals surface area (Å²) < 4.78 is 5.42. The summed E-state index contributed by atoms with van der Waals surface area (Å²) in [6.45, 7) is 12.8. The fraction of sp³-hybridized carbons (Fsp3) is 0.938. The van der Waals surface area contributed by atoms with E-state index in [1.807, 2.05) is 7.05 Å². The number of rotatable bonds is 7. The molecule has 5 heteroatoms. The predicted molar refractivity (Wildman–Crippen MR) is 89.9 cm³/mol. The zero-order valence-corrected chi connectivity index (χ0v) is 14.7. The Labute approximate surface area is 130 Å². The first kappa shape index (κ1) is 18.2. The topological polar surface area (TPSA) is 48.9 Å². The average Bonchev–Trinajstić information content (AvgIpc) is 2.85. The van der Waals surface area contributed by atoms with Crippen molar-refractivity contribution < 1.29 is 4.74 Å². The molecular formula is C16H34N4O. The van der Waals surface area contributed by atoms with Crippen LogP contribution in [0.4, 0.5) is 0 Å². The Balaban J connectivity index is 2.37. The minimum absolute atomic E-state index is 0.186. The zero-order valence-electron chi connectivity index (χ0n) is 14.7. The number of nitrogens with zero attached hydrogens (tertiary/aromatic N) is 2. The second-order valence-corrected chi connectivity index (χ2v) is 6.96. The van der Waals surface area contributed by atoms with Gasteiger partial charge >= 0.3 is 0 Å². The maximum Gasteiger partial charge on any atom is 0.191 e. The Hall–Kier alpha value is -0.810. The standard InChI is InChI=1S/C16H34N4O/c1-13(2)11-20-9-7-8-14(20)10-18-15(17-5)19-12-16(3,4)21-6/h13-14H,7-12H2,1-6H3,(H2,17,18,19)/t14-/m1/s1. The van der Waals surface area contributed by atoms with Crippen LogP contribution in [0.3, 0.4) is 0 Å². The van der Waals surface area contributed by atoms with E-state index in [2.05, 4.69) is 48.2 Å². The maximum absolute atomic E-state index is 5.42. The molecule has 0 aliphatic carbocycles. The van der Waals surface area contributed by atoms with Gasteiger partial charge in [-0.15, -0.1) is 0 Å². The van der Waals surface area contributed by atoms with Crippen molar-refractivity contribution in [1.29, 1.82) is 0 Å². The molecule has 0 aromatic carbocycles. The molecule has 0 unspecified atom stereocenters. The molecule has 124 valence electrons. The molecule has 21 heavy (non-hydrogen) atoms. The van der Waals surface area contributed by atoms with Crippen LogP contribution in [-0.4, -0.2) is 62.8 Å². The lowest BCUT2D eigenvalue weighted by Crippen LogP contribution is -2.48. The van der Waals surface area contributed by atoms with Crippen LogP contribution in [0.2, 0.25) is 0 Å². The molecule has 0 bridgehead atoms. The summed E-state index contributed by atoms with van der Waals surface area (Å²) in [5.41, 5.74) is -0.186. The number of hydrogen-bond acceptors (Lipinski definition) is 3. The van der Waals surface area contributed by atoms with Gasteiger partial charge in [0.15, 0.2) is 5.96 Å². The molecule has 1 aliphatic heterocycles. The van der Waals surface area contributed by atoms with Crippen molar-refractivity contribution in [2.24, 2.45) is 10.9 Å². The normalized spacial score (nSPS) is 21.1. The van der Waals surface area contributed by atoms with E-state index in [0.717, 1.165) is 25.0 Å². The first-order valence-corrected chi connectivity index (χ1v) is 8.11. The van der Waals surface area contributed by atoms with E-state index in [9.17, 15) is 0 Å².